The van der Waals surface area contributed by atoms with E-state index in [1.54, 1.807) is 0 Å². The van der Waals surface area contributed by atoms with Gasteiger partial charge in [0, 0.05) is 6.04 Å². The van der Waals surface area contributed by atoms with Gasteiger partial charge in [0.25, 0.3) is 0 Å². The zero-order chi connectivity index (χ0) is 6.69. The Morgan fingerprint density at radius 3 is 2.45 bits per heavy atom. The van der Waals surface area contributed by atoms with Gasteiger partial charge >= 0.3 is 0 Å². The molecule has 1 heterocycles. The van der Waals surface area contributed by atoms with E-state index in [0.717, 1.165) is 19.4 Å². The predicted octanol–water partition coefficient (Wildman–Crippen LogP) is 0.861. The Balaban J connectivity index is 0. The number of piperidine rings is 1. The zero-order valence-corrected chi connectivity index (χ0v) is 8.21. The molecule has 3 nitrogen and oxygen atoms in total. The van der Waals surface area contributed by atoms with E-state index in [1.165, 1.54) is 0 Å². The molecule has 0 saturated carbocycles. The molecule has 1 rings (SSSR count). The van der Waals surface area contributed by atoms with Crippen LogP contribution in [0.3, 0.4) is 0 Å². The molecule has 0 aromatic heterocycles. The van der Waals surface area contributed by atoms with Gasteiger partial charge in [-0.25, -0.2) is 5.90 Å². The molecular weight excluding hydrogens is 187 g/mol. The minimum Gasteiger partial charge on any atom is -0.314 e. The van der Waals surface area contributed by atoms with E-state index in [1.807, 2.05) is 0 Å². The summed E-state index contributed by atoms with van der Waals surface area (Å²) in [5.41, 5.74) is 0. The summed E-state index contributed by atoms with van der Waals surface area (Å²) < 4.78 is 0. The van der Waals surface area contributed by atoms with Gasteiger partial charge in [0.1, 0.15) is 0 Å². The molecule has 0 amide bonds. The molecule has 1 fully saturated rings. The molecule has 0 unspecified atom stereocenters. The van der Waals surface area contributed by atoms with E-state index in [9.17, 15) is 0 Å². The first-order valence-electron chi connectivity index (χ1n) is 3.42. The maximum Gasteiger partial charge on any atom is 0.0814 e. The van der Waals surface area contributed by atoms with Crippen LogP contribution in [0.4, 0.5) is 0 Å². The van der Waals surface area contributed by atoms with Crippen molar-refractivity contribution in [2.45, 2.75) is 31.9 Å². The van der Waals surface area contributed by atoms with Crippen molar-refractivity contribution in [3.63, 3.8) is 0 Å². The van der Waals surface area contributed by atoms with E-state index in [0.29, 0.717) is 6.04 Å². The molecule has 2 atom stereocenters. The van der Waals surface area contributed by atoms with Crippen molar-refractivity contribution >= 4 is 24.8 Å². The van der Waals surface area contributed by atoms with Gasteiger partial charge in [0.2, 0.25) is 0 Å². The summed E-state index contributed by atoms with van der Waals surface area (Å²) in [6.07, 6.45) is 2.36. The van der Waals surface area contributed by atoms with Gasteiger partial charge in [-0.15, -0.1) is 24.8 Å². The van der Waals surface area contributed by atoms with Crippen LogP contribution in [0.15, 0.2) is 0 Å². The highest BCUT2D eigenvalue weighted by Gasteiger charge is 2.17. The standard InChI is InChI=1S/C6H14N2O.2ClH/c1-5-4-6(9-7)2-3-8-5;;/h5-6,8H,2-4,7H2,1H3;2*1H/t5-,6+;;/m0../s1. The van der Waals surface area contributed by atoms with E-state index < -0.39 is 0 Å². The van der Waals surface area contributed by atoms with Crippen LogP contribution in [-0.2, 0) is 4.84 Å². The molecule has 5 heteroatoms. The van der Waals surface area contributed by atoms with Gasteiger partial charge in [-0.3, -0.25) is 0 Å². The second-order valence-electron chi connectivity index (χ2n) is 2.64. The average molecular weight is 203 g/mol. The lowest BCUT2D eigenvalue weighted by Crippen LogP contribution is -2.40. The van der Waals surface area contributed by atoms with Crippen LogP contribution in [0.25, 0.3) is 0 Å². The normalized spacial score (nSPS) is 30.0. The lowest BCUT2D eigenvalue weighted by Gasteiger charge is -2.25. The highest BCUT2D eigenvalue weighted by atomic mass is 35.5. The van der Waals surface area contributed by atoms with Crippen LogP contribution >= 0.6 is 24.8 Å². The summed E-state index contributed by atoms with van der Waals surface area (Å²) in [6.45, 7) is 3.17. The van der Waals surface area contributed by atoms with Gasteiger partial charge in [-0.05, 0) is 26.3 Å². The molecule has 1 aliphatic rings. The Hall–Kier alpha value is 0.460. The fraction of sp³-hybridized carbons (Fsp3) is 1.00. The summed E-state index contributed by atoms with van der Waals surface area (Å²) in [7, 11) is 0. The van der Waals surface area contributed by atoms with Crippen molar-refractivity contribution in [3.05, 3.63) is 0 Å². The smallest absolute Gasteiger partial charge is 0.0814 e. The van der Waals surface area contributed by atoms with Crippen LogP contribution < -0.4 is 11.2 Å². The van der Waals surface area contributed by atoms with Crippen LogP contribution in [-0.4, -0.2) is 18.7 Å². The molecular formula is C6H16Cl2N2O. The number of nitrogens with two attached hydrogens (primary N) is 1. The number of hydrogen-bond donors (Lipinski definition) is 2. The first-order valence-corrected chi connectivity index (χ1v) is 3.42. The number of halogens is 2. The Morgan fingerprint density at radius 1 is 1.45 bits per heavy atom. The topological polar surface area (TPSA) is 47.3 Å². The summed E-state index contributed by atoms with van der Waals surface area (Å²) in [5, 5.41) is 3.31. The second kappa shape index (κ2) is 7.13. The van der Waals surface area contributed by atoms with Crippen molar-refractivity contribution in [1.29, 1.82) is 0 Å². The van der Waals surface area contributed by atoms with Gasteiger partial charge in [0.05, 0.1) is 6.10 Å². The van der Waals surface area contributed by atoms with Crippen LogP contribution in [0.5, 0.6) is 0 Å². The maximum atomic E-state index is 5.04. The Kier molecular flexibility index (Phi) is 9.08. The summed E-state index contributed by atoms with van der Waals surface area (Å²) in [6, 6.07) is 0.562. The first kappa shape index (κ1) is 14.0. The van der Waals surface area contributed by atoms with Gasteiger partial charge in [-0.1, -0.05) is 0 Å². The van der Waals surface area contributed by atoms with Crippen molar-refractivity contribution < 1.29 is 4.84 Å². The summed E-state index contributed by atoms with van der Waals surface area (Å²) >= 11 is 0. The predicted molar refractivity (Wildman–Crippen MR) is 50.3 cm³/mol. The number of rotatable bonds is 1. The number of nitrogens with one attached hydrogen (secondary N) is 1. The zero-order valence-electron chi connectivity index (χ0n) is 6.58. The van der Waals surface area contributed by atoms with Crippen LogP contribution in [0.1, 0.15) is 19.8 Å². The minimum absolute atomic E-state index is 0. The highest BCUT2D eigenvalue weighted by molar-refractivity contribution is 5.85. The molecule has 0 radical (unpaired) electrons. The average Bonchev–Trinajstić information content (AvgIpc) is 1.88. The van der Waals surface area contributed by atoms with E-state index in [2.05, 4.69) is 12.2 Å². The maximum absolute atomic E-state index is 5.04. The van der Waals surface area contributed by atoms with E-state index in [4.69, 9.17) is 10.7 Å². The highest BCUT2D eigenvalue weighted by Crippen LogP contribution is 2.09. The molecule has 3 N–H and O–H groups in total. The van der Waals surface area contributed by atoms with E-state index in [-0.39, 0.29) is 30.9 Å². The van der Waals surface area contributed by atoms with Gasteiger partial charge in [-0.2, -0.15) is 0 Å². The molecule has 0 aromatic carbocycles. The Morgan fingerprint density at radius 2 is 2.09 bits per heavy atom. The Labute approximate surface area is 79.8 Å². The molecule has 11 heavy (non-hydrogen) atoms. The quantitative estimate of drug-likeness (QED) is 0.621. The molecule has 0 spiro atoms. The van der Waals surface area contributed by atoms with Crippen molar-refractivity contribution in [2.75, 3.05) is 6.54 Å². The summed E-state index contributed by atoms with van der Waals surface area (Å²) in [5.74, 6) is 5.04. The van der Waals surface area contributed by atoms with Crippen molar-refractivity contribution in [2.24, 2.45) is 5.90 Å². The van der Waals surface area contributed by atoms with Crippen molar-refractivity contribution in [1.82, 2.24) is 5.32 Å². The SMILES string of the molecule is C[C@H]1C[C@H](ON)CCN1.Cl.Cl. The molecule has 0 aromatic rings. The fourth-order valence-electron chi connectivity index (χ4n) is 1.21. The van der Waals surface area contributed by atoms with Crippen LogP contribution in [0, 0.1) is 0 Å². The second-order valence-corrected chi connectivity index (χ2v) is 2.64. The Bertz CT molecular complexity index is 94.7. The van der Waals surface area contributed by atoms with Crippen LogP contribution in [0.2, 0.25) is 0 Å². The number of hydrogen-bond acceptors (Lipinski definition) is 3. The largest absolute Gasteiger partial charge is 0.314 e. The van der Waals surface area contributed by atoms with Gasteiger partial charge in [0.15, 0.2) is 0 Å². The monoisotopic (exact) mass is 202 g/mol. The third-order valence-corrected chi connectivity index (χ3v) is 1.77. The molecule has 0 aliphatic carbocycles. The van der Waals surface area contributed by atoms with Gasteiger partial charge < -0.3 is 10.2 Å². The molecule has 0 bridgehead atoms. The molecule has 70 valence electrons. The van der Waals surface area contributed by atoms with Crippen molar-refractivity contribution in [3.8, 4) is 0 Å². The lowest BCUT2D eigenvalue weighted by atomic mass is 10.0. The van der Waals surface area contributed by atoms with E-state index >= 15 is 0 Å². The summed E-state index contributed by atoms with van der Waals surface area (Å²) in [4.78, 5) is 4.72. The first-order chi connectivity index (χ1) is 4.33. The third-order valence-electron chi connectivity index (χ3n) is 1.77. The molecule has 1 aliphatic heterocycles. The molecule has 1 saturated heterocycles. The lowest BCUT2D eigenvalue weighted by molar-refractivity contribution is 0.0233. The fourth-order valence-corrected chi connectivity index (χ4v) is 1.21. The third kappa shape index (κ3) is 4.82. The minimum atomic E-state index is 0.